The van der Waals surface area contributed by atoms with Gasteiger partial charge >= 0.3 is 0 Å². The molecule has 0 unspecified atom stereocenters. The van der Waals surface area contributed by atoms with Crippen LogP contribution in [0.15, 0.2) is 6.20 Å². The number of nitrogens with zero attached hydrogens (tertiary/aromatic N) is 3. The highest BCUT2D eigenvalue weighted by Gasteiger charge is 2.22. The van der Waals surface area contributed by atoms with Gasteiger partial charge in [-0.1, -0.05) is 0 Å². The van der Waals surface area contributed by atoms with Crippen molar-refractivity contribution in [3.63, 3.8) is 0 Å². The molecule has 0 spiro atoms. The van der Waals surface area contributed by atoms with Crippen molar-refractivity contribution in [2.45, 2.75) is 18.9 Å². The molecule has 2 rings (SSSR count). The number of anilines is 2. The third-order valence-corrected chi connectivity index (χ3v) is 2.06. The van der Waals surface area contributed by atoms with E-state index in [1.54, 1.807) is 19.0 Å². The van der Waals surface area contributed by atoms with E-state index in [2.05, 4.69) is 15.3 Å². The average molecular weight is 196 g/mol. The summed E-state index contributed by atoms with van der Waals surface area (Å²) >= 11 is 0. The number of aromatic nitrogens is 2. The van der Waals surface area contributed by atoms with Crippen LogP contribution in [-0.2, 0) is 0 Å². The SMILES string of the molecule is CN(C)c1nc(NC2CC2)ncc1F. The van der Waals surface area contributed by atoms with E-state index in [1.165, 1.54) is 6.20 Å². The fourth-order valence-electron chi connectivity index (χ4n) is 1.15. The molecule has 0 aliphatic heterocycles. The smallest absolute Gasteiger partial charge is 0.225 e. The Morgan fingerprint density at radius 2 is 2.21 bits per heavy atom. The summed E-state index contributed by atoms with van der Waals surface area (Å²) in [4.78, 5) is 9.59. The molecule has 0 radical (unpaired) electrons. The fraction of sp³-hybridized carbons (Fsp3) is 0.556. The second-order valence-electron chi connectivity index (χ2n) is 3.68. The van der Waals surface area contributed by atoms with E-state index in [-0.39, 0.29) is 0 Å². The van der Waals surface area contributed by atoms with E-state index < -0.39 is 5.82 Å². The zero-order valence-corrected chi connectivity index (χ0v) is 8.29. The Hall–Kier alpha value is -1.39. The van der Waals surface area contributed by atoms with Gasteiger partial charge in [-0.15, -0.1) is 0 Å². The predicted molar refractivity (Wildman–Crippen MR) is 53.0 cm³/mol. The first-order valence-corrected chi connectivity index (χ1v) is 4.63. The zero-order chi connectivity index (χ0) is 10.1. The van der Waals surface area contributed by atoms with Gasteiger partial charge in [0.05, 0.1) is 6.20 Å². The summed E-state index contributed by atoms with van der Waals surface area (Å²) in [5.41, 5.74) is 0. The Morgan fingerprint density at radius 1 is 1.50 bits per heavy atom. The maximum Gasteiger partial charge on any atom is 0.225 e. The van der Waals surface area contributed by atoms with Crippen LogP contribution in [0.1, 0.15) is 12.8 Å². The zero-order valence-electron chi connectivity index (χ0n) is 8.29. The maximum absolute atomic E-state index is 13.2. The number of hydrogen-bond donors (Lipinski definition) is 1. The quantitative estimate of drug-likeness (QED) is 0.790. The normalized spacial score (nSPS) is 15.4. The summed E-state index contributed by atoms with van der Waals surface area (Å²) in [6.45, 7) is 0. The van der Waals surface area contributed by atoms with Gasteiger partial charge in [0.2, 0.25) is 5.95 Å². The van der Waals surface area contributed by atoms with Crippen molar-refractivity contribution in [1.29, 1.82) is 0 Å². The Morgan fingerprint density at radius 3 is 2.79 bits per heavy atom. The first-order chi connectivity index (χ1) is 6.66. The topological polar surface area (TPSA) is 41.1 Å². The Kier molecular flexibility index (Phi) is 2.23. The van der Waals surface area contributed by atoms with E-state index in [0.717, 1.165) is 12.8 Å². The minimum Gasteiger partial charge on any atom is -0.360 e. The monoisotopic (exact) mass is 196 g/mol. The van der Waals surface area contributed by atoms with Crippen LogP contribution in [0.3, 0.4) is 0 Å². The van der Waals surface area contributed by atoms with Crippen LogP contribution in [-0.4, -0.2) is 30.1 Å². The van der Waals surface area contributed by atoms with E-state index in [4.69, 9.17) is 0 Å². The third kappa shape index (κ3) is 1.92. The molecular weight excluding hydrogens is 183 g/mol. The van der Waals surface area contributed by atoms with Gasteiger partial charge in [-0.3, -0.25) is 0 Å². The molecule has 1 aliphatic rings. The highest BCUT2D eigenvalue weighted by atomic mass is 19.1. The van der Waals surface area contributed by atoms with Crippen LogP contribution >= 0.6 is 0 Å². The van der Waals surface area contributed by atoms with E-state index in [0.29, 0.717) is 17.8 Å². The molecule has 1 N–H and O–H groups in total. The van der Waals surface area contributed by atoms with Gasteiger partial charge in [0.15, 0.2) is 11.6 Å². The van der Waals surface area contributed by atoms with E-state index >= 15 is 0 Å². The number of halogens is 1. The lowest BCUT2D eigenvalue weighted by molar-refractivity contribution is 0.612. The van der Waals surface area contributed by atoms with Gasteiger partial charge < -0.3 is 10.2 Å². The summed E-state index contributed by atoms with van der Waals surface area (Å²) in [7, 11) is 3.51. The molecule has 1 saturated carbocycles. The molecule has 5 heteroatoms. The first kappa shape index (κ1) is 9.18. The summed E-state index contributed by atoms with van der Waals surface area (Å²) in [6, 6.07) is 0.482. The molecule has 14 heavy (non-hydrogen) atoms. The van der Waals surface area contributed by atoms with Crippen LogP contribution in [0, 0.1) is 5.82 Å². The molecule has 0 aromatic carbocycles. The lowest BCUT2D eigenvalue weighted by Gasteiger charge is -2.13. The lowest BCUT2D eigenvalue weighted by Crippen LogP contribution is -2.15. The Labute approximate surface area is 82.2 Å². The number of hydrogen-bond acceptors (Lipinski definition) is 4. The molecule has 0 saturated heterocycles. The summed E-state index contributed by atoms with van der Waals surface area (Å²) in [5, 5.41) is 3.12. The molecule has 0 bridgehead atoms. The molecule has 76 valence electrons. The van der Waals surface area contributed by atoms with Crippen molar-refractivity contribution in [1.82, 2.24) is 9.97 Å². The standard InChI is InChI=1S/C9H13FN4/c1-14(2)8-7(10)5-11-9(13-8)12-6-3-4-6/h5-6H,3-4H2,1-2H3,(H,11,12,13). The fourth-order valence-corrected chi connectivity index (χ4v) is 1.15. The third-order valence-electron chi connectivity index (χ3n) is 2.06. The van der Waals surface area contributed by atoms with Crippen molar-refractivity contribution in [2.75, 3.05) is 24.3 Å². The van der Waals surface area contributed by atoms with Crippen LogP contribution in [0.2, 0.25) is 0 Å². The molecular formula is C9H13FN4. The maximum atomic E-state index is 13.2. The van der Waals surface area contributed by atoms with Crippen molar-refractivity contribution < 1.29 is 4.39 Å². The average Bonchev–Trinajstić information content (AvgIpc) is 2.92. The second kappa shape index (κ2) is 3.40. The highest BCUT2D eigenvalue weighted by molar-refractivity contribution is 5.43. The molecule has 1 aromatic rings. The van der Waals surface area contributed by atoms with Crippen LogP contribution in [0.25, 0.3) is 0 Å². The molecule has 0 amide bonds. The van der Waals surface area contributed by atoms with Crippen molar-refractivity contribution in [3.05, 3.63) is 12.0 Å². The predicted octanol–water partition coefficient (Wildman–Crippen LogP) is 1.26. The van der Waals surface area contributed by atoms with Crippen LogP contribution in [0.5, 0.6) is 0 Å². The van der Waals surface area contributed by atoms with Gasteiger partial charge in [-0.05, 0) is 12.8 Å². The van der Waals surface area contributed by atoms with Crippen LogP contribution in [0.4, 0.5) is 16.2 Å². The summed E-state index contributed by atoms with van der Waals surface area (Å²) in [6.07, 6.45) is 3.50. The highest BCUT2D eigenvalue weighted by Crippen LogP contribution is 2.24. The van der Waals surface area contributed by atoms with Crippen molar-refractivity contribution in [3.8, 4) is 0 Å². The summed E-state index contributed by atoms with van der Waals surface area (Å²) in [5.74, 6) is 0.442. The molecule has 4 nitrogen and oxygen atoms in total. The van der Waals surface area contributed by atoms with Crippen molar-refractivity contribution >= 4 is 11.8 Å². The van der Waals surface area contributed by atoms with Crippen LogP contribution < -0.4 is 10.2 Å². The first-order valence-electron chi connectivity index (χ1n) is 4.63. The van der Waals surface area contributed by atoms with E-state index in [9.17, 15) is 4.39 Å². The molecule has 1 aromatic heterocycles. The Bertz CT molecular complexity index is 336. The van der Waals surface area contributed by atoms with Gasteiger partial charge in [0, 0.05) is 20.1 Å². The molecule has 1 fully saturated rings. The lowest BCUT2D eigenvalue weighted by atomic mass is 10.5. The second-order valence-corrected chi connectivity index (χ2v) is 3.68. The minimum absolute atomic E-state index is 0.322. The largest absolute Gasteiger partial charge is 0.360 e. The molecule has 0 atom stereocenters. The number of nitrogens with one attached hydrogen (secondary N) is 1. The summed E-state index contributed by atoms with van der Waals surface area (Å²) < 4.78 is 13.2. The minimum atomic E-state index is -0.392. The van der Waals surface area contributed by atoms with E-state index in [1.807, 2.05) is 0 Å². The molecule has 1 aliphatic carbocycles. The Balaban J connectivity index is 2.20. The van der Waals surface area contributed by atoms with Gasteiger partial charge in [0.25, 0.3) is 0 Å². The van der Waals surface area contributed by atoms with Gasteiger partial charge in [0.1, 0.15) is 0 Å². The molecule has 1 heterocycles. The number of rotatable bonds is 3. The van der Waals surface area contributed by atoms with Gasteiger partial charge in [-0.2, -0.15) is 4.98 Å². The van der Waals surface area contributed by atoms with Gasteiger partial charge in [-0.25, -0.2) is 9.37 Å². The van der Waals surface area contributed by atoms with Crippen molar-refractivity contribution in [2.24, 2.45) is 0 Å².